The van der Waals surface area contributed by atoms with Gasteiger partial charge < -0.3 is 15.4 Å². The van der Waals surface area contributed by atoms with Crippen LogP contribution < -0.4 is 10.6 Å². The van der Waals surface area contributed by atoms with Crippen LogP contribution in [0.15, 0.2) is 78.2 Å². The van der Waals surface area contributed by atoms with Crippen molar-refractivity contribution < 1.29 is 31.5 Å². The summed E-state index contributed by atoms with van der Waals surface area (Å²) in [6.07, 6.45) is 4.91. The predicted molar refractivity (Wildman–Crippen MR) is 104 cm³/mol. The summed E-state index contributed by atoms with van der Waals surface area (Å²) >= 11 is 0. The van der Waals surface area contributed by atoms with Gasteiger partial charge in [0, 0.05) is 12.8 Å². The molecule has 4 nitrogen and oxygen atoms in total. The molecular weight excluding hydrogens is 407 g/mol. The Morgan fingerprint density at radius 3 is 2.47 bits per heavy atom. The first-order valence-corrected chi connectivity index (χ1v) is 8.63. The molecule has 0 radical (unpaired) electrons. The molecular formula is C21H21F5N2O2. The molecule has 0 bridgehead atoms. The van der Waals surface area contributed by atoms with Crippen LogP contribution >= 0.6 is 0 Å². The van der Waals surface area contributed by atoms with E-state index in [1.165, 1.54) is 31.4 Å². The lowest BCUT2D eigenvalue weighted by atomic mass is 10.2. The Hall–Kier alpha value is -3.20. The van der Waals surface area contributed by atoms with Crippen LogP contribution in [0.4, 0.5) is 22.0 Å². The van der Waals surface area contributed by atoms with Crippen LogP contribution in [-0.2, 0) is 4.74 Å². The summed E-state index contributed by atoms with van der Waals surface area (Å²) in [4.78, 5) is 12.1. The highest BCUT2D eigenvalue weighted by Gasteiger charge is 2.31. The zero-order valence-electron chi connectivity index (χ0n) is 16.3. The minimum Gasteiger partial charge on any atom is -0.369 e. The number of halogens is 5. The lowest BCUT2D eigenvalue weighted by Crippen LogP contribution is -2.23. The van der Waals surface area contributed by atoms with Gasteiger partial charge in [0.05, 0.1) is 11.1 Å². The highest BCUT2D eigenvalue weighted by Crippen LogP contribution is 2.26. The fourth-order valence-electron chi connectivity index (χ4n) is 2.04. The number of ether oxygens (including phenoxy) is 1. The van der Waals surface area contributed by atoms with Crippen LogP contribution in [0.3, 0.4) is 0 Å². The monoisotopic (exact) mass is 428 g/mol. The molecule has 1 aromatic rings. The van der Waals surface area contributed by atoms with Crippen LogP contribution in [0.5, 0.6) is 0 Å². The molecule has 30 heavy (non-hydrogen) atoms. The van der Waals surface area contributed by atoms with E-state index in [-0.39, 0.29) is 12.4 Å². The summed E-state index contributed by atoms with van der Waals surface area (Å²) < 4.78 is 70.7. The van der Waals surface area contributed by atoms with Gasteiger partial charge in [-0.25, -0.2) is 8.78 Å². The summed E-state index contributed by atoms with van der Waals surface area (Å²) in [5.41, 5.74) is -1.25. The topological polar surface area (TPSA) is 50.4 Å². The molecule has 0 saturated heterocycles. The SMILES string of the molecule is C\C=C/C(=C\C=C\C=C(\C=C/NCOC)C(F)(F)F)NC(=O)c1cccc(F)c1F. The van der Waals surface area contributed by atoms with Gasteiger partial charge in [-0.2, -0.15) is 13.2 Å². The maximum absolute atomic E-state index is 13.7. The van der Waals surface area contributed by atoms with Crippen LogP contribution in [0.25, 0.3) is 0 Å². The van der Waals surface area contributed by atoms with Crippen LogP contribution in [0.1, 0.15) is 17.3 Å². The highest BCUT2D eigenvalue weighted by molar-refractivity contribution is 5.95. The Morgan fingerprint density at radius 2 is 1.83 bits per heavy atom. The van der Waals surface area contributed by atoms with Gasteiger partial charge in [0.2, 0.25) is 0 Å². The van der Waals surface area contributed by atoms with Crippen molar-refractivity contribution in [2.45, 2.75) is 13.1 Å². The van der Waals surface area contributed by atoms with E-state index in [0.29, 0.717) is 0 Å². The fraction of sp³-hybridized carbons (Fsp3) is 0.190. The zero-order valence-corrected chi connectivity index (χ0v) is 16.3. The van der Waals surface area contributed by atoms with Gasteiger partial charge in [-0.3, -0.25) is 4.79 Å². The second-order valence-electron chi connectivity index (χ2n) is 5.65. The van der Waals surface area contributed by atoms with Crippen LogP contribution in [0.2, 0.25) is 0 Å². The van der Waals surface area contributed by atoms with Gasteiger partial charge in [0.1, 0.15) is 6.73 Å². The number of benzene rings is 1. The number of amides is 1. The van der Waals surface area contributed by atoms with Crippen molar-refractivity contribution in [3.05, 3.63) is 95.4 Å². The summed E-state index contributed by atoms with van der Waals surface area (Å²) in [6, 6.07) is 3.17. The van der Waals surface area contributed by atoms with E-state index in [1.54, 1.807) is 13.0 Å². The molecule has 0 atom stereocenters. The molecule has 9 heteroatoms. The molecule has 0 aromatic heterocycles. The molecule has 2 N–H and O–H groups in total. The molecule has 0 unspecified atom stereocenters. The van der Waals surface area contributed by atoms with Crippen molar-refractivity contribution in [1.29, 1.82) is 0 Å². The third-order valence-corrected chi connectivity index (χ3v) is 3.40. The van der Waals surface area contributed by atoms with Crippen LogP contribution in [-0.4, -0.2) is 25.9 Å². The van der Waals surface area contributed by atoms with Gasteiger partial charge >= 0.3 is 6.18 Å². The van der Waals surface area contributed by atoms with E-state index >= 15 is 0 Å². The molecule has 0 fully saturated rings. The molecule has 1 amide bonds. The number of alkyl halides is 3. The minimum atomic E-state index is -4.57. The Labute approximate surface area is 171 Å². The van der Waals surface area contributed by atoms with E-state index in [4.69, 9.17) is 0 Å². The van der Waals surface area contributed by atoms with E-state index < -0.39 is 34.9 Å². The molecule has 0 aliphatic rings. The number of carbonyl (C=O) groups excluding carboxylic acids is 1. The second kappa shape index (κ2) is 12.4. The number of methoxy groups -OCH3 is 1. The summed E-state index contributed by atoms with van der Waals surface area (Å²) in [7, 11) is 1.39. The largest absolute Gasteiger partial charge is 0.416 e. The van der Waals surface area contributed by atoms with Gasteiger partial charge in [-0.15, -0.1) is 0 Å². The number of rotatable bonds is 9. The van der Waals surface area contributed by atoms with E-state index in [2.05, 4.69) is 15.4 Å². The first-order chi connectivity index (χ1) is 14.2. The van der Waals surface area contributed by atoms with Crippen LogP contribution in [0, 0.1) is 11.6 Å². The van der Waals surface area contributed by atoms with Gasteiger partial charge in [0.25, 0.3) is 5.91 Å². The van der Waals surface area contributed by atoms with Crippen molar-refractivity contribution in [2.24, 2.45) is 0 Å². The minimum absolute atomic E-state index is 0.0541. The van der Waals surface area contributed by atoms with Gasteiger partial charge in [-0.1, -0.05) is 24.3 Å². The molecule has 1 rings (SSSR count). The first kappa shape index (κ1) is 24.8. The molecule has 0 heterocycles. The zero-order chi connectivity index (χ0) is 22.6. The summed E-state index contributed by atoms with van der Waals surface area (Å²) in [6.45, 7) is 1.70. The standard InChI is InChI=1S/C21H21F5N2O2/c1-3-7-16(28-20(29)17-10-6-11-18(22)19(17)23)9-5-4-8-15(21(24,25)26)12-13-27-14-30-2/h3-13,27H,14H2,1-2H3,(H,28,29)/b5-4+,7-3-,13-12-,15-8-,16-9+. The highest BCUT2D eigenvalue weighted by atomic mass is 19.4. The molecule has 0 aliphatic carbocycles. The maximum atomic E-state index is 13.7. The molecule has 0 spiro atoms. The van der Waals surface area contributed by atoms with Gasteiger partial charge in [-0.05, 0) is 49.6 Å². The molecule has 0 saturated carbocycles. The number of allylic oxidation sites excluding steroid dienone is 8. The maximum Gasteiger partial charge on any atom is 0.416 e. The van der Waals surface area contributed by atoms with Crippen molar-refractivity contribution in [3.63, 3.8) is 0 Å². The smallest absolute Gasteiger partial charge is 0.369 e. The quantitative estimate of drug-likeness (QED) is 0.254. The Kier molecular flexibility index (Phi) is 10.3. The Balaban J connectivity index is 2.98. The second-order valence-corrected chi connectivity index (χ2v) is 5.65. The third kappa shape index (κ3) is 8.44. The lowest BCUT2D eigenvalue weighted by molar-refractivity contribution is -0.0882. The fourth-order valence-corrected chi connectivity index (χ4v) is 2.04. The lowest BCUT2D eigenvalue weighted by Gasteiger charge is -2.07. The molecule has 0 aliphatic heterocycles. The molecule has 162 valence electrons. The molecule has 1 aromatic carbocycles. The third-order valence-electron chi connectivity index (χ3n) is 3.40. The van der Waals surface area contributed by atoms with E-state index in [0.717, 1.165) is 36.6 Å². The number of hydrogen-bond donors (Lipinski definition) is 2. The number of hydrogen-bond acceptors (Lipinski definition) is 3. The Bertz CT molecular complexity index is 869. The van der Waals surface area contributed by atoms with Crippen molar-refractivity contribution in [2.75, 3.05) is 13.8 Å². The Morgan fingerprint density at radius 1 is 1.13 bits per heavy atom. The number of carbonyl (C=O) groups is 1. The first-order valence-electron chi connectivity index (χ1n) is 8.63. The summed E-state index contributed by atoms with van der Waals surface area (Å²) in [5, 5.41) is 4.88. The van der Waals surface area contributed by atoms with Crippen molar-refractivity contribution >= 4 is 5.91 Å². The van der Waals surface area contributed by atoms with E-state index in [1.807, 2.05) is 0 Å². The average molecular weight is 428 g/mol. The predicted octanol–water partition coefficient (Wildman–Crippen LogP) is 4.91. The van der Waals surface area contributed by atoms with Crippen molar-refractivity contribution in [3.8, 4) is 0 Å². The summed E-state index contributed by atoms with van der Waals surface area (Å²) in [5.74, 6) is -3.36. The van der Waals surface area contributed by atoms with E-state index in [9.17, 15) is 26.7 Å². The normalized spacial score (nSPS) is 13.6. The number of nitrogens with one attached hydrogen (secondary N) is 2. The van der Waals surface area contributed by atoms with Gasteiger partial charge in [0.15, 0.2) is 11.6 Å². The average Bonchev–Trinajstić information content (AvgIpc) is 2.67. The van der Waals surface area contributed by atoms with Crippen molar-refractivity contribution in [1.82, 2.24) is 10.6 Å².